The molecule has 0 radical (unpaired) electrons. The van der Waals surface area contributed by atoms with E-state index >= 15 is 0 Å². The Balaban J connectivity index is 1.32. The lowest BCUT2D eigenvalue weighted by Gasteiger charge is -2.16. The van der Waals surface area contributed by atoms with Crippen molar-refractivity contribution in [3.8, 4) is 11.3 Å². The molecular formula is C27H21N3O3S4. The number of thiophene rings is 1. The number of aromatic nitrogens is 1. The minimum Gasteiger partial charge on any atom is -0.301 e. The van der Waals surface area contributed by atoms with E-state index in [9.17, 15) is 13.2 Å². The molecule has 0 fully saturated rings. The Labute approximate surface area is 227 Å². The number of benzene rings is 3. The molecule has 6 nitrogen and oxygen atoms in total. The van der Waals surface area contributed by atoms with E-state index in [1.807, 2.05) is 66.0 Å². The molecule has 1 unspecified atom stereocenters. The van der Waals surface area contributed by atoms with E-state index in [1.54, 1.807) is 41.8 Å². The highest BCUT2D eigenvalue weighted by Gasteiger charge is 2.23. The number of nitrogens with zero attached hydrogens (tertiary/aromatic N) is 1. The summed E-state index contributed by atoms with van der Waals surface area (Å²) in [7, 11) is -3.62. The number of carbonyl (C=O) groups is 1. The molecule has 0 aliphatic carbocycles. The van der Waals surface area contributed by atoms with Gasteiger partial charge < -0.3 is 5.32 Å². The molecular weight excluding hydrogens is 543 g/mol. The molecule has 0 spiro atoms. The van der Waals surface area contributed by atoms with E-state index < -0.39 is 15.3 Å². The van der Waals surface area contributed by atoms with Crippen molar-refractivity contribution in [3.63, 3.8) is 0 Å². The molecule has 0 bridgehead atoms. The highest BCUT2D eigenvalue weighted by atomic mass is 32.2. The maximum absolute atomic E-state index is 13.4. The number of hydrogen-bond donors (Lipinski definition) is 2. The average Bonchev–Trinajstić information content (AvgIpc) is 3.62. The first-order chi connectivity index (χ1) is 18.0. The quantitative estimate of drug-likeness (QED) is 0.186. The Morgan fingerprint density at radius 2 is 1.54 bits per heavy atom. The number of thioether (sulfide) groups is 1. The Morgan fingerprint density at radius 1 is 0.838 bits per heavy atom. The minimum atomic E-state index is -3.62. The summed E-state index contributed by atoms with van der Waals surface area (Å²) in [6.45, 7) is 0. The molecule has 2 heterocycles. The zero-order valence-electron chi connectivity index (χ0n) is 19.3. The number of thiazole rings is 1. The summed E-state index contributed by atoms with van der Waals surface area (Å²) in [5, 5.41) is 6.61. The largest absolute Gasteiger partial charge is 0.301 e. The lowest BCUT2D eigenvalue weighted by atomic mass is 10.1. The van der Waals surface area contributed by atoms with Crippen molar-refractivity contribution in [2.24, 2.45) is 0 Å². The van der Waals surface area contributed by atoms with E-state index in [-0.39, 0.29) is 10.1 Å². The molecule has 0 saturated carbocycles. The molecule has 5 rings (SSSR count). The van der Waals surface area contributed by atoms with Gasteiger partial charge in [0.05, 0.1) is 5.69 Å². The van der Waals surface area contributed by atoms with Crippen molar-refractivity contribution in [1.82, 2.24) is 4.98 Å². The van der Waals surface area contributed by atoms with Crippen LogP contribution in [0.15, 0.2) is 117 Å². The highest BCUT2D eigenvalue weighted by molar-refractivity contribution is 8.00. The van der Waals surface area contributed by atoms with E-state index in [0.717, 1.165) is 33.1 Å². The van der Waals surface area contributed by atoms with Crippen molar-refractivity contribution < 1.29 is 13.2 Å². The summed E-state index contributed by atoms with van der Waals surface area (Å²) in [5.41, 5.74) is 3.11. The third-order valence-corrected chi connectivity index (χ3v) is 10.1. The van der Waals surface area contributed by atoms with Crippen molar-refractivity contribution in [2.45, 2.75) is 14.4 Å². The maximum Gasteiger partial charge on any atom is 0.271 e. The van der Waals surface area contributed by atoms with E-state index in [1.165, 1.54) is 23.1 Å². The first kappa shape index (κ1) is 25.2. The molecule has 0 aliphatic heterocycles. The predicted molar refractivity (Wildman–Crippen MR) is 153 cm³/mol. The van der Waals surface area contributed by atoms with Gasteiger partial charge in [0.25, 0.3) is 10.0 Å². The molecule has 1 atom stereocenters. The summed E-state index contributed by atoms with van der Waals surface area (Å²) >= 11 is 3.93. The predicted octanol–water partition coefficient (Wildman–Crippen LogP) is 7.14. The first-order valence-electron chi connectivity index (χ1n) is 11.2. The molecule has 0 aliphatic rings. The fourth-order valence-corrected chi connectivity index (χ4v) is 7.30. The van der Waals surface area contributed by atoms with Gasteiger partial charge in [0.2, 0.25) is 5.91 Å². The molecule has 37 heavy (non-hydrogen) atoms. The summed E-state index contributed by atoms with van der Waals surface area (Å²) in [6.07, 6.45) is 0. The van der Waals surface area contributed by atoms with Crippen molar-refractivity contribution in [3.05, 3.63) is 113 Å². The Morgan fingerprint density at radius 3 is 2.22 bits per heavy atom. The van der Waals surface area contributed by atoms with Gasteiger partial charge in [-0.1, -0.05) is 66.7 Å². The topological polar surface area (TPSA) is 88.2 Å². The summed E-state index contributed by atoms with van der Waals surface area (Å²) in [4.78, 5) is 18.8. The van der Waals surface area contributed by atoms with E-state index in [4.69, 9.17) is 0 Å². The van der Waals surface area contributed by atoms with Crippen LogP contribution in [0.3, 0.4) is 0 Å². The first-order valence-corrected chi connectivity index (χ1v) is 15.3. The van der Waals surface area contributed by atoms with Gasteiger partial charge in [0.15, 0.2) is 5.13 Å². The highest BCUT2D eigenvalue weighted by Crippen LogP contribution is 2.37. The van der Waals surface area contributed by atoms with Crippen LogP contribution < -0.4 is 10.0 Å². The van der Waals surface area contributed by atoms with Gasteiger partial charge in [0.1, 0.15) is 9.46 Å². The number of anilines is 2. The number of sulfonamides is 1. The minimum absolute atomic E-state index is 0.187. The number of rotatable bonds is 9. The number of nitrogens with one attached hydrogen (secondary N) is 2. The van der Waals surface area contributed by atoms with Crippen molar-refractivity contribution in [1.29, 1.82) is 0 Å². The van der Waals surface area contributed by atoms with Gasteiger partial charge in [-0.25, -0.2) is 13.4 Å². The molecule has 5 aromatic rings. The van der Waals surface area contributed by atoms with Crippen LogP contribution in [0.25, 0.3) is 11.3 Å². The summed E-state index contributed by atoms with van der Waals surface area (Å²) in [5.74, 6) is -0.187. The zero-order valence-corrected chi connectivity index (χ0v) is 22.5. The van der Waals surface area contributed by atoms with Gasteiger partial charge in [-0.05, 0) is 41.3 Å². The zero-order chi connectivity index (χ0) is 25.7. The third-order valence-electron chi connectivity index (χ3n) is 5.26. The second-order valence-electron chi connectivity index (χ2n) is 7.86. The molecule has 186 valence electrons. The fourth-order valence-electron chi connectivity index (χ4n) is 3.50. The maximum atomic E-state index is 13.4. The standard InChI is InChI=1S/C27H21N3O3S4/c31-26(29-27-28-23(18-35-27)19-8-3-1-4-9-19)25(20-10-5-2-6-11-20)36-22-15-13-21(14-16-22)30-37(32,33)24-12-7-17-34-24/h1-18,25,30H,(H,28,29,31). The van der Waals surface area contributed by atoms with E-state index in [2.05, 4.69) is 15.0 Å². The monoisotopic (exact) mass is 563 g/mol. The molecule has 10 heteroatoms. The van der Waals surface area contributed by atoms with Gasteiger partial charge in [-0.2, -0.15) is 0 Å². The van der Waals surface area contributed by atoms with Gasteiger partial charge in [-0.3, -0.25) is 9.52 Å². The number of hydrogen-bond acceptors (Lipinski definition) is 7. The van der Waals surface area contributed by atoms with Crippen molar-refractivity contribution in [2.75, 3.05) is 10.0 Å². The second-order valence-corrected chi connectivity index (χ2v) is 12.8. The normalized spacial score (nSPS) is 12.1. The van der Waals surface area contributed by atoms with Crippen LogP contribution in [0.1, 0.15) is 10.8 Å². The molecule has 3 aromatic carbocycles. The average molecular weight is 564 g/mol. The number of amides is 1. The lowest BCUT2D eigenvalue weighted by Crippen LogP contribution is -2.19. The van der Waals surface area contributed by atoms with Crippen LogP contribution >= 0.6 is 34.4 Å². The fraction of sp³-hybridized carbons (Fsp3) is 0.0370. The van der Waals surface area contributed by atoms with Gasteiger partial charge in [0, 0.05) is 21.5 Å². The smallest absolute Gasteiger partial charge is 0.271 e. The van der Waals surface area contributed by atoms with Gasteiger partial charge in [-0.15, -0.1) is 34.4 Å². The van der Waals surface area contributed by atoms with Crippen LogP contribution in [0.2, 0.25) is 0 Å². The summed E-state index contributed by atoms with van der Waals surface area (Å²) in [6, 6.07) is 29.6. The molecule has 2 aromatic heterocycles. The van der Waals surface area contributed by atoms with Crippen molar-refractivity contribution >= 4 is 61.2 Å². The molecule has 0 saturated heterocycles. The van der Waals surface area contributed by atoms with Crippen LogP contribution in [0.5, 0.6) is 0 Å². The molecule has 2 N–H and O–H groups in total. The third kappa shape index (κ3) is 6.28. The Bertz CT molecular complexity index is 1570. The number of carbonyl (C=O) groups excluding carboxylic acids is 1. The second kappa shape index (κ2) is 11.3. The lowest BCUT2D eigenvalue weighted by molar-refractivity contribution is -0.115. The van der Waals surface area contributed by atoms with Crippen LogP contribution in [0.4, 0.5) is 10.8 Å². The Hall–Kier alpha value is -3.44. The van der Waals surface area contributed by atoms with Gasteiger partial charge >= 0.3 is 0 Å². The van der Waals surface area contributed by atoms with Crippen LogP contribution in [-0.2, 0) is 14.8 Å². The SMILES string of the molecule is O=C(Nc1nc(-c2ccccc2)cs1)C(Sc1ccc(NS(=O)(=O)c2cccs2)cc1)c1ccccc1. The van der Waals surface area contributed by atoms with Crippen LogP contribution in [-0.4, -0.2) is 19.3 Å². The van der Waals surface area contributed by atoms with Crippen LogP contribution in [0, 0.1) is 0 Å². The van der Waals surface area contributed by atoms with E-state index in [0.29, 0.717) is 10.8 Å². The summed E-state index contributed by atoms with van der Waals surface area (Å²) < 4.78 is 27.8. The molecule has 1 amide bonds. The Kier molecular flexibility index (Phi) is 7.71.